The number of carbonyl (C=O) groups excluding carboxylic acids is 1. The Hall–Kier alpha value is -0.360. The number of carbonyl (C=O) groups is 1. The molecule has 0 aliphatic carbocycles. The lowest BCUT2D eigenvalue weighted by molar-refractivity contribution is -0.151. The van der Waals surface area contributed by atoms with Crippen molar-refractivity contribution in [1.29, 1.82) is 0 Å². The van der Waals surface area contributed by atoms with Crippen molar-refractivity contribution in [3.63, 3.8) is 0 Å². The first-order valence-electron chi connectivity index (χ1n) is 3.69. The number of rotatable bonds is 3. The van der Waals surface area contributed by atoms with Gasteiger partial charge in [-0.3, -0.25) is 4.79 Å². The number of halogens is 4. The van der Waals surface area contributed by atoms with E-state index in [1.807, 2.05) is 0 Å². The summed E-state index contributed by atoms with van der Waals surface area (Å²) in [6.07, 6.45) is -5.89. The highest BCUT2D eigenvalue weighted by Crippen LogP contribution is 2.25. The van der Waals surface area contributed by atoms with Crippen LogP contribution in [0.5, 0.6) is 0 Å². The van der Waals surface area contributed by atoms with Gasteiger partial charge in [-0.1, -0.05) is 0 Å². The van der Waals surface area contributed by atoms with E-state index in [-0.39, 0.29) is 6.42 Å². The molecular weight excluding hydrogens is 281 g/mol. The molecule has 1 nitrogen and oxygen atoms in total. The van der Waals surface area contributed by atoms with Crippen molar-refractivity contribution in [1.82, 2.24) is 0 Å². The van der Waals surface area contributed by atoms with Crippen molar-refractivity contribution in [3.8, 4) is 0 Å². The molecule has 1 aromatic heterocycles. The molecule has 0 unspecified atom stereocenters. The molecule has 0 saturated carbocycles. The van der Waals surface area contributed by atoms with Crippen LogP contribution in [0.3, 0.4) is 0 Å². The monoisotopic (exact) mass is 286 g/mol. The van der Waals surface area contributed by atoms with Crippen LogP contribution in [0.25, 0.3) is 0 Å². The average Bonchev–Trinajstić information content (AvgIpc) is 2.30. The Labute approximate surface area is 91.1 Å². The van der Waals surface area contributed by atoms with E-state index in [0.29, 0.717) is 4.88 Å². The first kappa shape index (κ1) is 11.7. The minimum absolute atomic E-state index is 0.143. The van der Waals surface area contributed by atoms with Crippen molar-refractivity contribution in [2.24, 2.45) is 0 Å². The molecule has 0 spiro atoms. The largest absolute Gasteiger partial charge is 0.395 e. The van der Waals surface area contributed by atoms with E-state index < -0.39 is 18.4 Å². The minimum Gasteiger partial charge on any atom is -0.299 e. The van der Waals surface area contributed by atoms with E-state index in [4.69, 9.17) is 0 Å². The van der Waals surface area contributed by atoms with Gasteiger partial charge < -0.3 is 0 Å². The van der Waals surface area contributed by atoms with Gasteiger partial charge in [0.05, 0.1) is 3.79 Å². The second-order valence-electron chi connectivity index (χ2n) is 2.71. The smallest absolute Gasteiger partial charge is 0.299 e. The number of Topliss-reactive ketones (excluding diaryl/α,β-unsaturated/α-hetero) is 1. The standard InChI is InChI=1S/C8H6BrF3OS/c9-7-2-1-6(14-7)3-5(13)4-8(10,11)12/h1-2H,3-4H2. The topological polar surface area (TPSA) is 17.1 Å². The van der Waals surface area contributed by atoms with Crippen LogP contribution in [-0.4, -0.2) is 12.0 Å². The molecule has 0 atom stereocenters. The summed E-state index contributed by atoms with van der Waals surface area (Å²) in [7, 11) is 0. The molecule has 0 radical (unpaired) electrons. The van der Waals surface area contributed by atoms with E-state index in [0.717, 1.165) is 3.79 Å². The molecule has 0 amide bonds. The number of ketones is 1. The lowest BCUT2D eigenvalue weighted by Crippen LogP contribution is -2.16. The summed E-state index contributed by atoms with van der Waals surface area (Å²) in [6, 6.07) is 3.35. The maximum Gasteiger partial charge on any atom is 0.395 e. The first-order valence-corrected chi connectivity index (χ1v) is 5.30. The van der Waals surface area contributed by atoms with Gasteiger partial charge in [-0.15, -0.1) is 11.3 Å². The minimum atomic E-state index is -4.40. The maximum absolute atomic E-state index is 11.8. The molecule has 0 aromatic carbocycles. The molecule has 0 fully saturated rings. The molecule has 6 heteroatoms. The molecular formula is C8H6BrF3OS. The Morgan fingerprint density at radius 1 is 1.43 bits per heavy atom. The van der Waals surface area contributed by atoms with Gasteiger partial charge in [0.2, 0.25) is 0 Å². The quantitative estimate of drug-likeness (QED) is 0.830. The molecule has 0 bridgehead atoms. The van der Waals surface area contributed by atoms with E-state index in [2.05, 4.69) is 15.9 Å². The van der Waals surface area contributed by atoms with Gasteiger partial charge in [0.1, 0.15) is 12.2 Å². The summed E-state index contributed by atoms with van der Waals surface area (Å²) < 4.78 is 36.2. The predicted octanol–water partition coefficient (Wildman–Crippen LogP) is 3.57. The Morgan fingerprint density at radius 2 is 2.07 bits per heavy atom. The van der Waals surface area contributed by atoms with Crippen molar-refractivity contribution < 1.29 is 18.0 Å². The SMILES string of the molecule is O=C(Cc1ccc(Br)s1)CC(F)(F)F. The summed E-state index contributed by atoms with van der Waals surface area (Å²) in [4.78, 5) is 11.6. The third-order valence-electron chi connectivity index (χ3n) is 1.40. The highest BCUT2D eigenvalue weighted by molar-refractivity contribution is 9.11. The third-order valence-corrected chi connectivity index (χ3v) is 3.02. The van der Waals surface area contributed by atoms with Gasteiger partial charge in [-0.2, -0.15) is 13.2 Å². The van der Waals surface area contributed by atoms with Crippen molar-refractivity contribution >= 4 is 33.0 Å². The number of thiophene rings is 1. The normalized spacial score (nSPS) is 11.7. The second kappa shape index (κ2) is 4.44. The first-order chi connectivity index (χ1) is 6.37. The molecule has 78 valence electrons. The Bertz CT molecular complexity index is 332. The summed E-state index contributed by atoms with van der Waals surface area (Å²) in [5.41, 5.74) is 0. The van der Waals surface area contributed by atoms with Crippen LogP contribution in [0.2, 0.25) is 0 Å². The Balaban J connectivity index is 2.50. The number of hydrogen-bond acceptors (Lipinski definition) is 2. The van der Waals surface area contributed by atoms with Crippen molar-refractivity contribution in [2.45, 2.75) is 19.0 Å². The van der Waals surface area contributed by atoms with Crippen LogP contribution in [0.1, 0.15) is 11.3 Å². The van der Waals surface area contributed by atoms with Crippen LogP contribution >= 0.6 is 27.3 Å². The van der Waals surface area contributed by atoms with E-state index in [1.165, 1.54) is 11.3 Å². The third kappa shape index (κ3) is 4.23. The molecule has 1 rings (SSSR count). The van der Waals surface area contributed by atoms with E-state index >= 15 is 0 Å². The lowest BCUT2D eigenvalue weighted by Gasteiger charge is -2.03. The number of alkyl halides is 3. The zero-order chi connectivity index (χ0) is 10.8. The van der Waals surface area contributed by atoms with Gasteiger partial charge >= 0.3 is 6.18 Å². The van der Waals surface area contributed by atoms with Gasteiger partial charge in [0, 0.05) is 11.3 Å². The fourth-order valence-electron chi connectivity index (χ4n) is 0.927. The number of hydrogen-bond donors (Lipinski definition) is 0. The molecule has 0 N–H and O–H groups in total. The fraction of sp³-hybridized carbons (Fsp3) is 0.375. The van der Waals surface area contributed by atoms with Gasteiger partial charge in [-0.25, -0.2) is 0 Å². The van der Waals surface area contributed by atoms with Crippen LogP contribution in [0, 0.1) is 0 Å². The zero-order valence-corrected chi connectivity index (χ0v) is 9.30. The highest BCUT2D eigenvalue weighted by atomic mass is 79.9. The van der Waals surface area contributed by atoms with Gasteiger partial charge in [-0.05, 0) is 28.1 Å². The van der Waals surface area contributed by atoms with Crippen LogP contribution in [0.4, 0.5) is 13.2 Å². The molecule has 1 aromatic rings. The Kier molecular flexibility index (Phi) is 3.71. The van der Waals surface area contributed by atoms with Gasteiger partial charge in [0.25, 0.3) is 0 Å². The zero-order valence-electron chi connectivity index (χ0n) is 6.90. The van der Waals surface area contributed by atoms with Crippen molar-refractivity contribution in [3.05, 3.63) is 20.8 Å². The maximum atomic E-state index is 11.8. The summed E-state index contributed by atoms with van der Waals surface area (Å²) in [5, 5.41) is 0. The highest BCUT2D eigenvalue weighted by Gasteiger charge is 2.30. The molecule has 0 saturated heterocycles. The lowest BCUT2D eigenvalue weighted by atomic mass is 10.2. The van der Waals surface area contributed by atoms with E-state index in [1.54, 1.807) is 12.1 Å². The average molecular weight is 287 g/mol. The van der Waals surface area contributed by atoms with Crippen molar-refractivity contribution in [2.75, 3.05) is 0 Å². The molecule has 1 heterocycles. The Morgan fingerprint density at radius 3 is 2.50 bits per heavy atom. The van der Waals surface area contributed by atoms with Crippen LogP contribution < -0.4 is 0 Å². The summed E-state index contributed by atoms with van der Waals surface area (Å²) in [6.45, 7) is 0. The summed E-state index contributed by atoms with van der Waals surface area (Å²) >= 11 is 4.44. The molecule has 14 heavy (non-hydrogen) atoms. The fourth-order valence-corrected chi connectivity index (χ4v) is 2.44. The molecule has 0 aliphatic heterocycles. The second-order valence-corrected chi connectivity index (χ2v) is 5.26. The summed E-state index contributed by atoms with van der Waals surface area (Å²) in [5.74, 6) is -0.799. The van der Waals surface area contributed by atoms with Crippen LogP contribution in [0.15, 0.2) is 15.9 Å². The van der Waals surface area contributed by atoms with Gasteiger partial charge in [0.15, 0.2) is 0 Å². The van der Waals surface area contributed by atoms with E-state index in [9.17, 15) is 18.0 Å². The predicted molar refractivity (Wildman–Crippen MR) is 51.4 cm³/mol. The van der Waals surface area contributed by atoms with Crippen LogP contribution in [-0.2, 0) is 11.2 Å². The molecule has 0 aliphatic rings.